The van der Waals surface area contributed by atoms with Crippen LogP contribution >= 0.6 is 11.8 Å². The van der Waals surface area contributed by atoms with E-state index < -0.39 is 0 Å². The Bertz CT molecular complexity index is 775. The third-order valence-electron chi connectivity index (χ3n) is 3.69. The Kier molecular flexibility index (Phi) is 3.11. The lowest BCUT2D eigenvalue weighted by Gasteiger charge is -2.12. The first-order valence-corrected chi connectivity index (χ1v) is 7.99. The van der Waals surface area contributed by atoms with Gasteiger partial charge in [0.2, 0.25) is 0 Å². The molecule has 3 aromatic rings. The zero-order chi connectivity index (χ0) is 14.2. The summed E-state index contributed by atoms with van der Waals surface area (Å²) in [5.41, 5.74) is 1.02. The number of fused-ring (bicyclic) bond motifs is 1. The zero-order valence-corrected chi connectivity index (χ0v) is 12.5. The highest BCUT2D eigenvalue weighted by atomic mass is 32.2. The largest absolute Gasteiger partial charge is 0.256 e. The van der Waals surface area contributed by atoms with Crippen LogP contribution in [0.5, 0.6) is 0 Å². The van der Waals surface area contributed by atoms with Crippen LogP contribution in [-0.4, -0.2) is 25.2 Å². The van der Waals surface area contributed by atoms with Gasteiger partial charge in [0.15, 0.2) is 5.82 Å². The Morgan fingerprint density at radius 2 is 2.10 bits per heavy atom. The van der Waals surface area contributed by atoms with Gasteiger partial charge in [0.05, 0.1) is 16.8 Å². The highest BCUT2D eigenvalue weighted by Crippen LogP contribution is 2.41. The second kappa shape index (κ2) is 5.11. The summed E-state index contributed by atoms with van der Waals surface area (Å²) in [6, 6.07) is 10.8. The Balaban J connectivity index is 1.66. The van der Waals surface area contributed by atoms with Gasteiger partial charge in [0.25, 0.3) is 0 Å². The molecule has 0 amide bonds. The van der Waals surface area contributed by atoms with Gasteiger partial charge in [-0.15, -0.1) is 16.9 Å². The zero-order valence-electron chi connectivity index (χ0n) is 11.7. The van der Waals surface area contributed by atoms with Crippen LogP contribution in [0, 0.1) is 0 Å². The molecule has 0 N–H and O–H groups in total. The average molecular weight is 297 g/mol. The number of aromatic nitrogens is 5. The first-order valence-electron chi connectivity index (χ1n) is 7.11. The van der Waals surface area contributed by atoms with Crippen LogP contribution in [0.1, 0.15) is 36.9 Å². The van der Waals surface area contributed by atoms with Crippen molar-refractivity contribution in [2.24, 2.45) is 0 Å². The molecular formula is C15H15N5S. The van der Waals surface area contributed by atoms with Crippen LogP contribution < -0.4 is 0 Å². The molecule has 0 unspecified atom stereocenters. The molecule has 0 bridgehead atoms. The van der Waals surface area contributed by atoms with Crippen LogP contribution in [0.2, 0.25) is 0 Å². The molecule has 1 saturated carbocycles. The SMILES string of the molecule is C[C@H](Sc1ccnc2ccccc12)c1nnnn1C1CC1. The van der Waals surface area contributed by atoms with Crippen LogP contribution in [0.15, 0.2) is 41.4 Å². The number of tetrazole rings is 1. The summed E-state index contributed by atoms with van der Waals surface area (Å²) in [5.74, 6) is 0.961. The highest BCUT2D eigenvalue weighted by molar-refractivity contribution is 7.99. The van der Waals surface area contributed by atoms with E-state index in [-0.39, 0.29) is 5.25 Å². The van der Waals surface area contributed by atoms with Crippen LogP contribution in [-0.2, 0) is 0 Å². The Labute approximate surface area is 126 Å². The topological polar surface area (TPSA) is 56.5 Å². The van der Waals surface area contributed by atoms with E-state index in [0.717, 1.165) is 11.3 Å². The molecule has 1 fully saturated rings. The number of para-hydroxylation sites is 1. The number of thioether (sulfide) groups is 1. The molecule has 0 aliphatic heterocycles. The first-order chi connectivity index (χ1) is 10.3. The lowest BCUT2D eigenvalue weighted by atomic mass is 10.2. The number of pyridine rings is 1. The molecule has 5 nitrogen and oxygen atoms in total. The Hall–Kier alpha value is -1.95. The average Bonchev–Trinajstić information content (AvgIpc) is 3.24. The fraction of sp³-hybridized carbons (Fsp3) is 0.333. The van der Waals surface area contributed by atoms with Crippen LogP contribution in [0.4, 0.5) is 0 Å². The first kappa shape index (κ1) is 12.8. The summed E-state index contributed by atoms with van der Waals surface area (Å²) in [6.45, 7) is 2.16. The minimum atomic E-state index is 0.214. The van der Waals surface area contributed by atoms with Crippen molar-refractivity contribution in [2.45, 2.75) is 36.0 Å². The monoisotopic (exact) mass is 297 g/mol. The van der Waals surface area contributed by atoms with E-state index in [9.17, 15) is 0 Å². The van der Waals surface area contributed by atoms with Gasteiger partial charge in [0.1, 0.15) is 0 Å². The summed E-state index contributed by atoms with van der Waals surface area (Å²) in [5, 5.41) is 13.6. The van der Waals surface area contributed by atoms with E-state index in [1.165, 1.54) is 23.1 Å². The van der Waals surface area contributed by atoms with Crippen molar-refractivity contribution in [3.63, 3.8) is 0 Å². The molecule has 1 atom stereocenters. The molecule has 0 radical (unpaired) electrons. The van der Waals surface area contributed by atoms with Gasteiger partial charge >= 0.3 is 0 Å². The molecule has 106 valence electrons. The third kappa shape index (κ3) is 2.40. The van der Waals surface area contributed by atoms with Gasteiger partial charge in [-0.05, 0) is 42.3 Å². The fourth-order valence-electron chi connectivity index (χ4n) is 2.46. The van der Waals surface area contributed by atoms with Crippen molar-refractivity contribution in [3.05, 3.63) is 42.4 Å². The smallest absolute Gasteiger partial charge is 0.164 e. The number of hydrogen-bond acceptors (Lipinski definition) is 5. The maximum atomic E-state index is 4.41. The van der Waals surface area contributed by atoms with E-state index >= 15 is 0 Å². The van der Waals surface area contributed by atoms with E-state index in [1.54, 1.807) is 11.8 Å². The molecule has 6 heteroatoms. The van der Waals surface area contributed by atoms with Gasteiger partial charge in [-0.25, -0.2) is 4.68 Å². The van der Waals surface area contributed by atoms with Crippen molar-refractivity contribution in [1.29, 1.82) is 0 Å². The summed E-state index contributed by atoms with van der Waals surface area (Å²) in [7, 11) is 0. The van der Waals surface area contributed by atoms with E-state index in [0.29, 0.717) is 6.04 Å². The van der Waals surface area contributed by atoms with Crippen molar-refractivity contribution < 1.29 is 0 Å². The summed E-state index contributed by atoms with van der Waals surface area (Å²) in [6.07, 6.45) is 4.24. The molecule has 0 saturated heterocycles. The molecule has 2 aromatic heterocycles. The van der Waals surface area contributed by atoms with E-state index in [4.69, 9.17) is 0 Å². The maximum absolute atomic E-state index is 4.41. The van der Waals surface area contributed by atoms with Crippen molar-refractivity contribution in [2.75, 3.05) is 0 Å². The van der Waals surface area contributed by atoms with Crippen LogP contribution in [0.3, 0.4) is 0 Å². The summed E-state index contributed by atoms with van der Waals surface area (Å²) >= 11 is 1.79. The molecule has 1 aromatic carbocycles. The van der Waals surface area contributed by atoms with E-state index in [1.807, 2.05) is 29.1 Å². The predicted molar refractivity (Wildman–Crippen MR) is 82.1 cm³/mol. The highest BCUT2D eigenvalue weighted by Gasteiger charge is 2.29. The van der Waals surface area contributed by atoms with Gasteiger partial charge in [0, 0.05) is 16.5 Å². The maximum Gasteiger partial charge on any atom is 0.164 e. The number of nitrogens with zero attached hydrogens (tertiary/aromatic N) is 5. The normalized spacial score (nSPS) is 16.2. The lowest BCUT2D eigenvalue weighted by Crippen LogP contribution is -2.05. The summed E-state index contributed by atoms with van der Waals surface area (Å²) < 4.78 is 1.99. The fourth-order valence-corrected chi connectivity index (χ4v) is 3.54. The number of rotatable bonds is 4. The van der Waals surface area contributed by atoms with Gasteiger partial charge in [-0.3, -0.25) is 4.98 Å². The van der Waals surface area contributed by atoms with Crippen molar-refractivity contribution in [3.8, 4) is 0 Å². The number of benzene rings is 1. The molecular weight excluding hydrogens is 282 g/mol. The summed E-state index contributed by atoms with van der Waals surface area (Å²) in [4.78, 5) is 5.63. The molecule has 4 rings (SSSR count). The Morgan fingerprint density at radius 1 is 1.24 bits per heavy atom. The second-order valence-corrected chi connectivity index (χ2v) is 6.68. The predicted octanol–water partition coefficient (Wildman–Crippen LogP) is 3.41. The van der Waals surface area contributed by atoms with Crippen molar-refractivity contribution in [1.82, 2.24) is 25.2 Å². The minimum Gasteiger partial charge on any atom is -0.256 e. The molecule has 2 heterocycles. The molecule has 21 heavy (non-hydrogen) atoms. The molecule has 0 spiro atoms. The van der Waals surface area contributed by atoms with Crippen LogP contribution in [0.25, 0.3) is 10.9 Å². The van der Waals surface area contributed by atoms with E-state index in [2.05, 4.69) is 39.6 Å². The van der Waals surface area contributed by atoms with Gasteiger partial charge in [-0.1, -0.05) is 18.2 Å². The minimum absolute atomic E-state index is 0.214. The van der Waals surface area contributed by atoms with Gasteiger partial charge in [-0.2, -0.15) is 0 Å². The lowest BCUT2D eigenvalue weighted by molar-refractivity contribution is 0.583. The number of hydrogen-bond donors (Lipinski definition) is 0. The standard InChI is InChI=1S/C15H15N5S/c1-10(15-17-18-19-20(15)11-6-7-11)21-14-8-9-16-13-5-3-2-4-12(13)14/h2-5,8-11H,6-7H2,1H3/t10-/m0/s1. The third-order valence-corrected chi connectivity index (χ3v) is 4.86. The van der Waals surface area contributed by atoms with Crippen molar-refractivity contribution >= 4 is 22.7 Å². The molecule has 1 aliphatic carbocycles. The quantitative estimate of drug-likeness (QED) is 0.691. The van der Waals surface area contributed by atoms with Gasteiger partial charge < -0.3 is 0 Å². The molecule has 1 aliphatic rings. The second-order valence-electron chi connectivity index (χ2n) is 5.30. The Morgan fingerprint density at radius 3 is 2.95 bits per heavy atom.